The van der Waals surface area contributed by atoms with Gasteiger partial charge >= 0.3 is 0 Å². The van der Waals surface area contributed by atoms with E-state index in [-0.39, 0.29) is 5.78 Å². The van der Waals surface area contributed by atoms with E-state index in [9.17, 15) is 4.79 Å². The largest absolute Gasteiger partial charge is 0.348 e. The summed E-state index contributed by atoms with van der Waals surface area (Å²) in [7, 11) is 3.93. The second kappa shape index (κ2) is 6.87. The summed E-state index contributed by atoms with van der Waals surface area (Å²) in [6.07, 6.45) is 5.14. The third-order valence-corrected chi connectivity index (χ3v) is 3.76. The van der Waals surface area contributed by atoms with Gasteiger partial charge in [0.25, 0.3) is 0 Å². The fraction of sp³-hybridized carbons (Fsp3) is 0.615. The average Bonchev–Trinajstić information content (AvgIpc) is 2.72. The van der Waals surface area contributed by atoms with Crippen molar-refractivity contribution in [3.05, 3.63) is 24.0 Å². The summed E-state index contributed by atoms with van der Waals surface area (Å²) in [5, 5.41) is 0. The number of aryl methyl sites for hydroxylation is 1. The lowest BCUT2D eigenvalue weighted by atomic mass is 10.2. The number of thioether (sulfide) groups is 1. The van der Waals surface area contributed by atoms with E-state index >= 15 is 0 Å². The minimum Gasteiger partial charge on any atom is -0.348 e. The first-order valence-electron chi connectivity index (χ1n) is 5.90. The Morgan fingerprint density at radius 1 is 1.59 bits per heavy atom. The maximum atomic E-state index is 12.0. The quantitative estimate of drug-likeness (QED) is 0.698. The van der Waals surface area contributed by atoms with Crippen molar-refractivity contribution >= 4 is 17.5 Å². The molecule has 96 valence electrons. The molecule has 0 saturated carbocycles. The summed E-state index contributed by atoms with van der Waals surface area (Å²) < 4.78 is 1.88. The van der Waals surface area contributed by atoms with Gasteiger partial charge in [-0.05, 0) is 44.5 Å². The number of carbonyl (C=O) groups is 1. The van der Waals surface area contributed by atoms with Gasteiger partial charge in [0, 0.05) is 19.3 Å². The molecule has 0 aliphatic heterocycles. The normalized spacial score (nSPS) is 13.0. The molecule has 0 N–H and O–H groups in total. The van der Waals surface area contributed by atoms with Crippen LogP contribution in [0.15, 0.2) is 18.3 Å². The predicted octanol–water partition coefficient (Wildman–Crippen LogP) is 2.28. The van der Waals surface area contributed by atoms with Crippen molar-refractivity contribution in [1.29, 1.82) is 0 Å². The highest BCUT2D eigenvalue weighted by molar-refractivity contribution is 7.98. The van der Waals surface area contributed by atoms with Crippen molar-refractivity contribution in [2.45, 2.75) is 19.4 Å². The van der Waals surface area contributed by atoms with E-state index in [2.05, 4.69) is 18.1 Å². The molecular formula is C13H22N2OS. The van der Waals surface area contributed by atoms with Gasteiger partial charge in [-0.3, -0.25) is 9.69 Å². The standard InChI is InChI=1S/C13H22N2OS/c1-11(7-9-17-4)15(3)10-13(16)12-6-5-8-14(12)2/h5-6,8,11H,7,9-10H2,1-4H3. The number of rotatable bonds is 7. The molecule has 0 aliphatic rings. The minimum atomic E-state index is 0.191. The number of hydrogen-bond donors (Lipinski definition) is 0. The summed E-state index contributed by atoms with van der Waals surface area (Å²) in [6.45, 7) is 2.67. The van der Waals surface area contributed by atoms with E-state index in [4.69, 9.17) is 0 Å². The first kappa shape index (κ1) is 14.3. The zero-order chi connectivity index (χ0) is 12.8. The molecule has 1 atom stereocenters. The molecule has 4 heteroatoms. The number of hydrogen-bond acceptors (Lipinski definition) is 3. The summed E-state index contributed by atoms with van der Waals surface area (Å²) in [6, 6.07) is 4.24. The Morgan fingerprint density at radius 3 is 2.82 bits per heavy atom. The Bertz CT molecular complexity index is 362. The van der Waals surface area contributed by atoms with Gasteiger partial charge in [-0.2, -0.15) is 11.8 Å². The fourth-order valence-corrected chi connectivity index (χ4v) is 2.30. The molecule has 1 rings (SSSR count). The third kappa shape index (κ3) is 4.21. The van der Waals surface area contributed by atoms with E-state index in [0.717, 1.165) is 17.9 Å². The maximum absolute atomic E-state index is 12.0. The second-order valence-electron chi connectivity index (χ2n) is 4.47. The van der Waals surface area contributed by atoms with Crippen molar-refractivity contribution in [1.82, 2.24) is 9.47 Å². The van der Waals surface area contributed by atoms with E-state index in [0.29, 0.717) is 12.6 Å². The summed E-state index contributed by atoms with van der Waals surface area (Å²) in [5.74, 6) is 1.33. The molecule has 0 amide bonds. The molecule has 0 aliphatic carbocycles. The summed E-state index contributed by atoms with van der Waals surface area (Å²) in [5.41, 5.74) is 0.786. The Morgan fingerprint density at radius 2 is 2.29 bits per heavy atom. The third-order valence-electron chi connectivity index (χ3n) is 3.11. The van der Waals surface area contributed by atoms with Crippen molar-refractivity contribution in [3.63, 3.8) is 0 Å². The van der Waals surface area contributed by atoms with Crippen molar-refractivity contribution in [3.8, 4) is 0 Å². The fourth-order valence-electron chi connectivity index (χ4n) is 1.72. The number of carbonyl (C=O) groups excluding carboxylic acids is 1. The molecule has 0 aromatic carbocycles. The van der Waals surface area contributed by atoms with Crippen LogP contribution in [0.5, 0.6) is 0 Å². The molecule has 0 saturated heterocycles. The molecule has 17 heavy (non-hydrogen) atoms. The van der Waals surface area contributed by atoms with E-state index < -0.39 is 0 Å². The van der Waals surface area contributed by atoms with Crippen LogP contribution in [-0.4, -0.2) is 46.9 Å². The molecular weight excluding hydrogens is 232 g/mol. The van der Waals surface area contributed by atoms with Crippen LogP contribution >= 0.6 is 11.8 Å². The number of Topliss-reactive ketones (excluding diaryl/α,β-unsaturated/α-hetero) is 1. The van der Waals surface area contributed by atoms with Gasteiger partial charge in [0.1, 0.15) is 0 Å². The van der Waals surface area contributed by atoms with Gasteiger partial charge in [0.05, 0.1) is 12.2 Å². The molecule has 1 aromatic rings. The van der Waals surface area contributed by atoms with Gasteiger partial charge in [-0.25, -0.2) is 0 Å². The molecule has 1 aromatic heterocycles. The highest BCUT2D eigenvalue weighted by atomic mass is 32.2. The van der Waals surface area contributed by atoms with Crippen molar-refractivity contribution < 1.29 is 4.79 Å². The van der Waals surface area contributed by atoms with Crippen LogP contribution in [0.2, 0.25) is 0 Å². The predicted molar refractivity (Wildman–Crippen MR) is 74.8 cm³/mol. The summed E-state index contributed by atoms with van der Waals surface area (Å²) >= 11 is 1.85. The lowest BCUT2D eigenvalue weighted by Crippen LogP contribution is -2.34. The van der Waals surface area contributed by atoms with E-state index in [1.54, 1.807) is 0 Å². The highest BCUT2D eigenvalue weighted by Gasteiger charge is 2.15. The number of likely N-dealkylation sites (N-methyl/N-ethyl adjacent to an activating group) is 1. The van der Waals surface area contributed by atoms with Crippen LogP contribution in [0.4, 0.5) is 0 Å². The van der Waals surface area contributed by atoms with Crippen LogP contribution in [0, 0.1) is 0 Å². The first-order valence-corrected chi connectivity index (χ1v) is 7.29. The van der Waals surface area contributed by atoms with E-state index in [1.807, 2.05) is 48.8 Å². The van der Waals surface area contributed by atoms with Gasteiger partial charge in [-0.15, -0.1) is 0 Å². The smallest absolute Gasteiger partial charge is 0.193 e. The van der Waals surface area contributed by atoms with Gasteiger partial charge in [0.15, 0.2) is 5.78 Å². The molecule has 1 heterocycles. The molecule has 0 bridgehead atoms. The Hall–Kier alpha value is -0.740. The first-order chi connectivity index (χ1) is 8.06. The van der Waals surface area contributed by atoms with Crippen LogP contribution in [-0.2, 0) is 7.05 Å². The zero-order valence-electron chi connectivity index (χ0n) is 11.1. The minimum absolute atomic E-state index is 0.191. The SMILES string of the molecule is CSCCC(C)N(C)CC(=O)c1cccn1C. The van der Waals surface area contributed by atoms with Crippen molar-refractivity contribution in [2.75, 3.05) is 25.6 Å². The molecule has 0 fully saturated rings. The van der Waals surface area contributed by atoms with Crippen LogP contribution in [0.1, 0.15) is 23.8 Å². The van der Waals surface area contributed by atoms with Crippen molar-refractivity contribution in [2.24, 2.45) is 7.05 Å². The topological polar surface area (TPSA) is 25.2 Å². The summed E-state index contributed by atoms with van der Waals surface area (Å²) in [4.78, 5) is 14.2. The molecule has 0 radical (unpaired) electrons. The molecule has 0 spiro atoms. The number of aromatic nitrogens is 1. The second-order valence-corrected chi connectivity index (χ2v) is 5.46. The monoisotopic (exact) mass is 254 g/mol. The maximum Gasteiger partial charge on any atom is 0.193 e. The van der Waals surface area contributed by atoms with Crippen LogP contribution in [0.3, 0.4) is 0 Å². The lowest BCUT2D eigenvalue weighted by molar-refractivity contribution is 0.0915. The Kier molecular flexibility index (Phi) is 5.78. The number of ketones is 1. The van der Waals surface area contributed by atoms with Gasteiger partial charge in [-0.1, -0.05) is 0 Å². The van der Waals surface area contributed by atoms with Gasteiger partial charge in [0.2, 0.25) is 0 Å². The van der Waals surface area contributed by atoms with Crippen LogP contribution < -0.4 is 0 Å². The Labute approximate surface area is 108 Å². The highest BCUT2D eigenvalue weighted by Crippen LogP contribution is 2.08. The number of nitrogens with zero attached hydrogens (tertiary/aromatic N) is 2. The van der Waals surface area contributed by atoms with Crippen LogP contribution in [0.25, 0.3) is 0 Å². The Balaban J connectivity index is 2.48. The average molecular weight is 254 g/mol. The van der Waals surface area contributed by atoms with E-state index in [1.165, 1.54) is 0 Å². The molecule has 1 unspecified atom stereocenters. The lowest BCUT2D eigenvalue weighted by Gasteiger charge is -2.23. The zero-order valence-corrected chi connectivity index (χ0v) is 12.0. The molecule has 3 nitrogen and oxygen atoms in total. The van der Waals surface area contributed by atoms with Gasteiger partial charge < -0.3 is 4.57 Å².